The molecule has 0 spiro atoms. The summed E-state index contributed by atoms with van der Waals surface area (Å²) >= 11 is 6.45. The highest BCUT2D eigenvalue weighted by Gasteiger charge is 2.36. The number of amides is 1. The van der Waals surface area contributed by atoms with E-state index in [2.05, 4.69) is 20.6 Å². The number of nitrogens with one attached hydrogen (secondary N) is 2. The molecule has 2 aliphatic heterocycles. The van der Waals surface area contributed by atoms with Crippen LogP contribution < -0.4 is 10.6 Å². The number of benzene rings is 1. The van der Waals surface area contributed by atoms with Crippen molar-refractivity contribution >= 4 is 23.5 Å². The molecule has 10 heteroatoms. The van der Waals surface area contributed by atoms with Gasteiger partial charge in [-0.05, 0) is 37.3 Å². The minimum absolute atomic E-state index is 0.0559. The van der Waals surface area contributed by atoms with Crippen LogP contribution >= 0.6 is 11.6 Å². The third kappa shape index (κ3) is 5.29. The van der Waals surface area contributed by atoms with Gasteiger partial charge in [0.25, 0.3) is 0 Å². The fraction of sp³-hybridized carbons (Fsp3) is 0.560. The first-order valence-electron chi connectivity index (χ1n) is 12.3. The van der Waals surface area contributed by atoms with E-state index in [0.29, 0.717) is 23.2 Å². The first-order valence-corrected chi connectivity index (χ1v) is 12.7. The molecule has 2 aromatic rings. The van der Waals surface area contributed by atoms with Crippen LogP contribution in [0.15, 0.2) is 24.4 Å². The van der Waals surface area contributed by atoms with Crippen molar-refractivity contribution < 1.29 is 19.7 Å². The number of aliphatic hydroxyl groups excluding tert-OH is 2. The molecule has 0 bridgehead atoms. The predicted octanol–water partition coefficient (Wildman–Crippen LogP) is 2.62. The minimum atomic E-state index is -0.912. The number of hydrogen-bond acceptors (Lipinski definition) is 8. The quantitative estimate of drug-likeness (QED) is 0.457. The largest absolute Gasteiger partial charge is 0.394 e. The number of halogens is 1. The van der Waals surface area contributed by atoms with Gasteiger partial charge in [0, 0.05) is 36.9 Å². The SMILES string of the molecule is O=C(CN1Cc2ccc(-c3nc(NC4CCOCC4)ncc3Cl)cc2C1O)NC1(CO)CCCC1. The second-order valence-electron chi connectivity index (χ2n) is 9.81. The van der Waals surface area contributed by atoms with Crippen molar-refractivity contribution in [1.82, 2.24) is 20.2 Å². The lowest BCUT2D eigenvalue weighted by Crippen LogP contribution is -2.52. The lowest BCUT2D eigenvalue weighted by Gasteiger charge is -2.29. The Kier molecular flexibility index (Phi) is 7.22. The van der Waals surface area contributed by atoms with E-state index in [-0.39, 0.29) is 25.1 Å². The Morgan fingerprint density at radius 2 is 2.03 bits per heavy atom. The molecule has 1 aromatic carbocycles. The van der Waals surface area contributed by atoms with Gasteiger partial charge in [-0.2, -0.15) is 0 Å². The Balaban J connectivity index is 1.29. The van der Waals surface area contributed by atoms with Crippen LogP contribution in [0.5, 0.6) is 0 Å². The average Bonchev–Trinajstić information content (AvgIpc) is 3.45. The van der Waals surface area contributed by atoms with Gasteiger partial charge in [0.1, 0.15) is 6.23 Å². The molecule has 3 heterocycles. The fourth-order valence-electron chi connectivity index (χ4n) is 5.33. The van der Waals surface area contributed by atoms with Crippen LogP contribution in [0.25, 0.3) is 11.3 Å². The molecular formula is C25H32ClN5O4. The molecular weight excluding hydrogens is 470 g/mol. The van der Waals surface area contributed by atoms with Gasteiger partial charge in [-0.25, -0.2) is 9.97 Å². The van der Waals surface area contributed by atoms with Crippen molar-refractivity contribution in [2.45, 2.75) is 62.9 Å². The van der Waals surface area contributed by atoms with Gasteiger partial charge in [0.05, 0.1) is 35.6 Å². The van der Waals surface area contributed by atoms with Crippen molar-refractivity contribution in [2.24, 2.45) is 0 Å². The van der Waals surface area contributed by atoms with E-state index in [4.69, 9.17) is 16.3 Å². The number of aromatic nitrogens is 2. The fourth-order valence-corrected chi connectivity index (χ4v) is 5.53. The Morgan fingerprint density at radius 3 is 2.77 bits per heavy atom. The van der Waals surface area contributed by atoms with Gasteiger partial charge in [0.15, 0.2) is 0 Å². The third-order valence-electron chi connectivity index (χ3n) is 7.33. The molecule has 1 saturated carbocycles. The van der Waals surface area contributed by atoms with Crippen LogP contribution in [0, 0.1) is 0 Å². The van der Waals surface area contributed by atoms with Gasteiger partial charge in [-0.1, -0.05) is 36.6 Å². The number of aliphatic hydroxyl groups is 2. The summed E-state index contributed by atoms with van der Waals surface area (Å²) in [7, 11) is 0. The Bertz CT molecular complexity index is 1070. The summed E-state index contributed by atoms with van der Waals surface area (Å²) in [6.45, 7) is 1.90. The predicted molar refractivity (Wildman–Crippen MR) is 132 cm³/mol. The number of ether oxygens (including phenoxy) is 1. The molecule has 0 radical (unpaired) electrons. The highest BCUT2D eigenvalue weighted by molar-refractivity contribution is 6.32. The summed E-state index contributed by atoms with van der Waals surface area (Å²) in [4.78, 5) is 23.4. The zero-order chi connectivity index (χ0) is 24.4. The van der Waals surface area contributed by atoms with Crippen molar-refractivity contribution in [1.29, 1.82) is 0 Å². The van der Waals surface area contributed by atoms with E-state index in [9.17, 15) is 15.0 Å². The van der Waals surface area contributed by atoms with Crippen LogP contribution in [-0.4, -0.2) is 68.9 Å². The molecule has 1 saturated heterocycles. The van der Waals surface area contributed by atoms with Gasteiger partial charge < -0.3 is 25.6 Å². The molecule has 35 heavy (non-hydrogen) atoms. The maximum absolute atomic E-state index is 12.7. The van der Waals surface area contributed by atoms with E-state index in [1.54, 1.807) is 11.1 Å². The van der Waals surface area contributed by atoms with Crippen LogP contribution in [0.1, 0.15) is 55.9 Å². The van der Waals surface area contributed by atoms with Crippen LogP contribution in [0.2, 0.25) is 5.02 Å². The lowest BCUT2D eigenvalue weighted by atomic mass is 9.99. The van der Waals surface area contributed by atoms with Gasteiger partial charge in [-0.3, -0.25) is 9.69 Å². The number of carbonyl (C=O) groups is 1. The Labute approximate surface area is 209 Å². The first-order chi connectivity index (χ1) is 17.0. The maximum Gasteiger partial charge on any atom is 0.234 e. The van der Waals surface area contributed by atoms with Crippen molar-refractivity contribution in [3.05, 3.63) is 40.5 Å². The molecule has 1 aromatic heterocycles. The summed E-state index contributed by atoms with van der Waals surface area (Å²) in [5.74, 6) is 0.330. The van der Waals surface area contributed by atoms with Gasteiger partial charge >= 0.3 is 0 Å². The summed E-state index contributed by atoms with van der Waals surface area (Å²) in [5, 5.41) is 27.6. The number of anilines is 1. The molecule has 5 rings (SSSR count). The number of hydrogen-bond donors (Lipinski definition) is 4. The van der Waals surface area contributed by atoms with E-state index < -0.39 is 11.8 Å². The smallest absolute Gasteiger partial charge is 0.234 e. The standard InChI is InChI=1S/C25H32ClN5O4/c26-20-12-27-24(28-18-5-9-35-10-6-18)29-22(20)16-3-4-17-13-31(23(34)19(17)11-16)14-21(33)30-25(15-32)7-1-2-8-25/h3-4,11-12,18,23,32,34H,1-2,5-10,13-15H2,(H,30,33)(H,27,28,29). The highest BCUT2D eigenvalue weighted by Crippen LogP contribution is 2.36. The van der Waals surface area contributed by atoms with Crippen molar-refractivity contribution in [3.8, 4) is 11.3 Å². The van der Waals surface area contributed by atoms with Gasteiger partial charge in [0.2, 0.25) is 11.9 Å². The molecule has 4 N–H and O–H groups in total. The number of nitrogens with zero attached hydrogens (tertiary/aromatic N) is 3. The summed E-state index contributed by atoms with van der Waals surface area (Å²) in [5.41, 5.74) is 2.54. The van der Waals surface area contributed by atoms with E-state index in [1.807, 2.05) is 18.2 Å². The van der Waals surface area contributed by atoms with Crippen molar-refractivity contribution in [2.75, 3.05) is 31.7 Å². The second-order valence-corrected chi connectivity index (χ2v) is 10.2. The molecule has 1 aliphatic carbocycles. The topological polar surface area (TPSA) is 120 Å². The zero-order valence-corrected chi connectivity index (χ0v) is 20.4. The highest BCUT2D eigenvalue weighted by atomic mass is 35.5. The molecule has 1 atom stereocenters. The number of rotatable bonds is 7. The summed E-state index contributed by atoms with van der Waals surface area (Å²) in [6, 6.07) is 6.02. The van der Waals surface area contributed by atoms with E-state index in [1.165, 1.54) is 0 Å². The number of fused-ring (bicyclic) bond motifs is 1. The Morgan fingerprint density at radius 1 is 1.26 bits per heavy atom. The zero-order valence-electron chi connectivity index (χ0n) is 19.7. The Hall–Kier alpha value is -2.30. The molecule has 1 amide bonds. The average molecular weight is 502 g/mol. The molecule has 188 valence electrons. The van der Waals surface area contributed by atoms with Crippen LogP contribution in [0.4, 0.5) is 5.95 Å². The molecule has 9 nitrogen and oxygen atoms in total. The normalized spacial score (nSPS) is 22.2. The number of carbonyl (C=O) groups excluding carboxylic acids is 1. The monoisotopic (exact) mass is 501 g/mol. The van der Waals surface area contributed by atoms with Crippen molar-refractivity contribution in [3.63, 3.8) is 0 Å². The van der Waals surface area contributed by atoms with E-state index >= 15 is 0 Å². The second kappa shape index (κ2) is 10.4. The summed E-state index contributed by atoms with van der Waals surface area (Å²) < 4.78 is 5.41. The first kappa shape index (κ1) is 24.4. The minimum Gasteiger partial charge on any atom is -0.394 e. The van der Waals surface area contributed by atoms with Crippen LogP contribution in [0.3, 0.4) is 0 Å². The summed E-state index contributed by atoms with van der Waals surface area (Å²) in [6.07, 6.45) is 6.04. The van der Waals surface area contributed by atoms with Gasteiger partial charge in [-0.15, -0.1) is 0 Å². The maximum atomic E-state index is 12.7. The van der Waals surface area contributed by atoms with Crippen LogP contribution in [-0.2, 0) is 16.1 Å². The van der Waals surface area contributed by atoms with E-state index in [0.717, 1.165) is 68.4 Å². The molecule has 2 fully saturated rings. The molecule has 3 aliphatic rings. The third-order valence-corrected chi connectivity index (χ3v) is 7.61. The lowest BCUT2D eigenvalue weighted by molar-refractivity contribution is -0.127. The molecule has 1 unspecified atom stereocenters.